The summed E-state index contributed by atoms with van der Waals surface area (Å²) in [6.45, 7) is -0.871. The van der Waals surface area contributed by atoms with Crippen LogP contribution in [0, 0.1) is 0 Å². The maximum atomic E-state index is 12.3. The molecule has 1 aromatic rings. The molecule has 5 nitrogen and oxygen atoms in total. The van der Waals surface area contributed by atoms with Gasteiger partial charge in [0.25, 0.3) is 5.56 Å². The lowest BCUT2D eigenvalue weighted by molar-refractivity contribution is -0.145. The first-order valence-electron chi connectivity index (χ1n) is 5.27. The zero-order valence-electron chi connectivity index (χ0n) is 9.98. The van der Waals surface area contributed by atoms with Crippen LogP contribution in [0.25, 0.3) is 0 Å². The van der Waals surface area contributed by atoms with Gasteiger partial charge >= 0.3 is 12.1 Å². The molecule has 0 aliphatic heterocycles. The zero-order chi connectivity index (χ0) is 14.6. The number of halogens is 3. The van der Waals surface area contributed by atoms with Gasteiger partial charge in [-0.1, -0.05) is 0 Å². The minimum atomic E-state index is -4.53. The number of hydrogen-bond donors (Lipinski definition) is 1. The highest BCUT2D eigenvalue weighted by atomic mass is 19.4. The molecule has 0 aliphatic carbocycles. The van der Waals surface area contributed by atoms with E-state index < -0.39 is 36.8 Å². The number of pyridine rings is 1. The van der Waals surface area contributed by atoms with Gasteiger partial charge in [-0.25, -0.2) is 4.79 Å². The van der Waals surface area contributed by atoms with Crippen molar-refractivity contribution in [2.75, 3.05) is 13.7 Å². The Morgan fingerprint density at radius 2 is 2.16 bits per heavy atom. The number of esters is 1. The smallest absolute Gasteiger partial charge is 0.391 e. The lowest BCUT2D eigenvalue weighted by Gasteiger charge is -2.19. The molecule has 0 spiro atoms. The largest absolute Gasteiger partial charge is 0.465 e. The van der Waals surface area contributed by atoms with E-state index in [0.717, 1.165) is 19.4 Å². The molecule has 0 saturated heterocycles. The lowest BCUT2D eigenvalue weighted by atomic mass is 10.2. The summed E-state index contributed by atoms with van der Waals surface area (Å²) in [6, 6.07) is 0.913. The first kappa shape index (κ1) is 15.2. The van der Waals surface area contributed by atoms with Crippen molar-refractivity contribution in [3.63, 3.8) is 0 Å². The molecule has 0 aliphatic rings. The van der Waals surface area contributed by atoms with E-state index in [1.54, 1.807) is 0 Å². The number of aliphatic hydroxyl groups excluding tert-OH is 1. The van der Waals surface area contributed by atoms with Crippen molar-refractivity contribution in [2.24, 2.45) is 0 Å². The van der Waals surface area contributed by atoms with Crippen LogP contribution in [-0.4, -0.2) is 35.5 Å². The molecule has 0 aromatic carbocycles. The summed E-state index contributed by atoms with van der Waals surface area (Å²) >= 11 is 0. The fraction of sp³-hybridized carbons (Fsp3) is 0.455. The van der Waals surface area contributed by atoms with Gasteiger partial charge in [0.05, 0.1) is 26.2 Å². The average molecular weight is 279 g/mol. The van der Waals surface area contributed by atoms with Gasteiger partial charge in [-0.3, -0.25) is 4.79 Å². The molecule has 1 atom stereocenters. The Morgan fingerprint density at radius 1 is 1.53 bits per heavy atom. The third-order valence-electron chi connectivity index (χ3n) is 2.45. The zero-order valence-corrected chi connectivity index (χ0v) is 9.98. The Labute approximate surface area is 106 Å². The molecule has 0 radical (unpaired) electrons. The molecule has 1 rings (SSSR count). The number of aliphatic hydroxyl groups is 1. The number of ether oxygens (including phenoxy) is 1. The normalized spacial score (nSPS) is 13.1. The number of carbonyl (C=O) groups excluding carboxylic acids is 1. The highest BCUT2D eigenvalue weighted by Crippen LogP contribution is 2.26. The number of nitrogens with zero attached hydrogens (tertiary/aromatic N) is 1. The van der Waals surface area contributed by atoms with Crippen LogP contribution in [0.5, 0.6) is 0 Å². The highest BCUT2D eigenvalue weighted by Gasteiger charge is 2.33. The van der Waals surface area contributed by atoms with Gasteiger partial charge in [-0.05, 0) is 12.1 Å². The van der Waals surface area contributed by atoms with Gasteiger partial charge in [0.15, 0.2) is 0 Å². The fourth-order valence-electron chi connectivity index (χ4n) is 1.58. The van der Waals surface area contributed by atoms with Crippen molar-refractivity contribution >= 4 is 5.97 Å². The first-order valence-corrected chi connectivity index (χ1v) is 5.27. The van der Waals surface area contributed by atoms with Gasteiger partial charge in [0.2, 0.25) is 0 Å². The molecule has 0 bridgehead atoms. The van der Waals surface area contributed by atoms with Crippen molar-refractivity contribution in [1.29, 1.82) is 0 Å². The van der Waals surface area contributed by atoms with Crippen LogP contribution in [0.3, 0.4) is 0 Å². The predicted octanol–water partition coefficient (Wildman–Crippen LogP) is 1.12. The molecule has 1 aromatic heterocycles. The minimum Gasteiger partial charge on any atom is -0.465 e. The van der Waals surface area contributed by atoms with E-state index in [2.05, 4.69) is 4.74 Å². The summed E-state index contributed by atoms with van der Waals surface area (Å²) in [5.74, 6) is -0.942. The van der Waals surface area contributed by atoms with Crippen LogP contribution in [-0.2, 0) is 4.74 Å². The van der Waals surface area contributed by atoms with Crippen molar-refractivity contribution in [3.05, 3.63) is 34.2 Å². The maximum Gasteiger partial charge on any atom is 0.391 e. The van der Waals surface area contributed by atoms with Gasteiger partial charge in [-0.15, -0.1) is 0 Å². The van der Waals surface area contributed by atoms with Gasteiger partial charge in [0.1, 0.15) is 5.56 Å². The van der Waals surface area contributed by atoms with Crippen molar-refractivity contribution in [3.8, 4) is 0 Å². The number of aromatic nitrogens is 1. The van der Waals surface area contributed by atoms with E-state index in [0.29, 0.717) is 4.57 Å². The number of carbonyl (C=O) groups is 1. The van der Waals surface area contributed by atoms with E-state index in [9.17, 15) is 22.8 Å². The molecule has 1 heterocycles. The Balaban J connectivity index is 3.19. The molecule has 0 amide bonds. The third-order valence-corrected chi connectivity index (χ3v) is 2.45. The van der Waals surface area contributed by atoms with Crippen LogP contribution < -0.4 is 5.56 Å². The molecular weight excluding hydrogens is 267 g/mol. The molecule has 0 fully saturated rings. The number of alkyl halides is 3. The van der Waals surface area contributed by atoms with E-state index in [-0.39, 0.29) is 5.56 Å². The van der Waals surface area contributed by atoms with Crippen molar-refractivity contribution in [2.45, 2.75) is 18.6 Å². The topological polar surface area (TPSA) is 68.5 Å². The van der Waals surface area contributed by atoms with Crippen molar-refractivity contribution < 1.29 is 27.8 Å². The number of rotatable bonds is 4. The molecule has 19 heavy (non-hydrogen) atoms. The predicted molar refractivity (Wildman–Crippen MR) is 58.8 cm³/mol. The number of hydrogen-bond acceptors (Lipinski definition) is 4. The summed E-state index contributed by atoms with van der Waals surface area (Å²) in [6.07, 6.45) is -4.82. The Kier molecular flexibility index (Phi) is 4.71. The summed E-state index contributed by atoms with van der Waals surface area (Å²) in [4.78, 5) is 23.1. The van der Waals surface area contributed by atoms with Crippen molar-refractivity contribution in [1.82, 2.24) is 4.57 Å². The van der Waals surface area contributed by atoms with Crippen LogP contribution in [0.1, 0.15) is 22.8 Å². The van der Waals surface area contributed by atoms with Crippen LogP contribution >= 0.6 is 0 Å². The second-order valence-corrected chi connectivity index (χ2v) is 3.78. The Morgan fingerprint density at radius 3 is 2.63 bits per heavy atom. The van der Waals surface area contributed by atoms with E-state index in [1.807, 2.05) is 0 Å². The average Bonchev–Trinajstić information content (AvgIpc) is 2.34. The summed E-state index contributed by atoms with van der Waals surface area (Å²) < 4.78 is 42.0. The van der Waals surface area contributed by atoms with Gasteiger partial charge < -0.3 is 14.4 Å². The standard InChI is InChI=1S/C11H12F3NO4/c1-19-10(18)8-3-2-4-15(9(8)17)7(6-16)5-11(12,13)14/h2-4,7,16H,5-6H2,1H3. The van der Waals surface area contributed by atoms with E-state index >= 15 is 0 Å². The molecule has 8 heteroatoms. The third kappa shape index (κ3) is 3.82. The maximum absolute atomic E-state index is 12.3. The quantitative estimate of drug-likeness (QED) is 0.839. The van der Waals surface area contributed by atoms with Gasteiger partial charge in [0, 0.05) is 6.20 Å². The molecule has 1 unspecified atom stereocenters. The fourth-order valence-corrected chi connectivity index (χ4v) is 1.58. The van der Waals surface area contributed by atoms with E-state index in [4.69, 9.17) is 5.11 Å². The Bertz CT molecular complexity index is 509. The second-order valence-electron chi connectivity index (χ2n) is 3.78. The SMILES string of the molecule is COC(=O)c1cccn(C(CO)CC(F)(F)F)c1=O. The summed E-state index contributed by atoms with van der Waals surface area (Å²) in [5, 5.41) is 8.98. The second kappa shape index (κ2) is 5.87. The summed E-state index contributed by atoms with van der Waals surface area (Å²) in [7, 11) is 1.05. The molecular formula is C11H12F3NO4. The number of methoxy groups -OCH3 is 1. The first-order chi connectivity index (χ1) is 8.80. The van der Waals surface area contributed by atoms with E-state index in [1.165, 1.54) is 6.07 Å². The van der Waals surface area contributed by atoms with Crippen LogP contribution in [0.4, 0.5) is 13.2 Å². The molecule has 106 valence electrons. The lowest BCUT2D eigenvalue weighted by Crippen LogP contribution is -2.33. The van der Waals surface area contributed by atoms with Gasteiger partial charge in [-0.2, -0.15) is 13.2 Å². The minimum absolute atomic E-state index is 0.384. The molecule has 1 N–H and O–H groups in total. The molecule has 0 saturated carbocycles. The van der Waals surface area contributed by atoms with Crippen LogP contribution in [0.15, 0.2) is 23.1 Å². The monoisotopic (exact) mass is 279 g/mol. The summed E-state index contributed by atoms with van der Waals surface area (Å²) in [5.41, 5.74) is -1.32. The van der Waals surface area contributed by atoms with Crippen LogP contribution in [0.2, 0.25) is 0 Å². The highest BCUT2D eigenvalue weighted by molar-refractivity contribution is 5.88. The Hall–Kier alpha value is -1.83.